The van der Waals surface area contributed by atoms with E-state index < -0.39 is 5.97 Å². The summed E-state index contributed by atoms with van der Waals surface area (Å²) in [5.74, 6) is 0.0759. The van der Waals surface area contributed by atoms with Crippen LogP contribution in [-0.4, -0.2) is 64.4 Å². The molecular formula is C22H25N5O5S2. The van der Waals surface area contributed by atoms with Crippen LogP contribution in [0.25, 0.3) is 11.4 Å². The van der Waals surface area contributed by atoms with Gasteiger partial charge in [-0.2, -0.15) is 0 Å². The van der Waals surface area contributed by atoms with Crippen molar-refractivity contribution >= 4 is 45.9 Å². The monoisotopic (exact) mass is 503 g/mol. The van der Waals surface area contributed by atoms with E-state index in [-0.39, 0.29) is 28.1 Å². The number of aromatic nitrogens is 3. The number of anilines is 1. The number of thioether (sulfide) groups is 1. The topological polar surface area (TPSA) is 120 Å². The third-order valence-electron chi connectivity index (χ3n) is 4.85. The van der Waals surface area contributed by atoms with Crippen molar-refractivity contribution in [3.8, 4) is 11.4 Å². The molecule has 10 nitrogen and oxygen atoms in total. The SMILES string of the molecule is C=CCn1c(SCC(=O)Nc2sc(C(=O)N(C)C)c(C)c2C(=O)OC)nnc1-c1ccoc1C. The second kappa shape index (κ2) is 10.7. The fraction of sp³-hybridized carbons (Fsp3) is 0.318. The van der Waals surface area contributed by atoms with E-state index in [2.05, 4.69) is 22.1 Å². The second-order valence-electron chi connectivity index (χ2n) is 7.38. The molecule has 3 aromatic rings. The lowest BCUT2D eigenvalue weighted by molar-refractivity contribution is -0.113. The van der Waals surface area contributed by atoms with E-state index in [4.69, 9.17) is 9.15 Å². The summed E-state index contributed by atoms with van der Waals surface area (Å²) in [6.07, 6.45) is 3.29. The quantitative estimate of drug-likeness (QED) is 0.267. The number of carbonyl (C=O) groups excluding carboxylic acids is 3. The van der Waals surface area contributed by atoms with Gasteiger partial charge < -0.3 is 19.4 Å². The molecule has 1 N–H and O–H groups in total. The zero-order valence-corrected chi connectivity index (χ0v) is 21.1. The molecule has 0 unspecified atom stereocenters. The van der Waals surface area contributed by atoms with Gasteiger partial charge in [-0.05, 0) is 25.5 Å². The van der Waals surface area contributed by atoms with E-state index in [0.29, 0.717) is 33.7 Å². The van der Waals surface area contributed by atoms with Crippen LogP contribution >= 0.6 is 23.1 Å². The average Bonchev–Trinajstić information content (AvgIpc) is 3.48. The maximum Gasteiger partial charge on any atom is 0.341 e. The standard InChI is InChI=1S/C22H25N5O5S2/c1-7-9-27-18(14-8-10-32-13(14)3)24-25-22(27)33-11-15(28)23-19-16(21(30)31-6)12(2)17(34-19)20(29)26(4)5/h7-8,10H,1,9,11H2,2-6H3,(H,23,28). The maximum absolute atomic E-state index is 12.8. The Balaban J connectivity index is 1.81. The maximum atomic E-state index is 12.8. The van der Waals surface area contributed by atoms with Crippen molar-refractivity contribution in [2.45, 2.75) is 25.5 Å². The van der Waals surface area contributed by atoms with Gasteiger partial charge >= 0.3 is 5.97 Å². The molecule has 3 aromatic heterocycles. The van der Waals surface area contributed by atoms with E-state index in [9.17, 15) is 14.4 Å². The third kappa shape index (κ3) is 5.07. The van der Waals surface area contributed by atoms with Crippen LogP contribution in [-0.2, 0) is 16.1 Å². The van der Waals surface area contributed by atoms with Gasteiger partial charge in [0, 0.05) is 20.6 Å². The summed E-state index contributed by atoms with van der Waals surface area (Å²) >= 11 is 2.23. The number of nitrogens with one attached hydrogen (secondary N) is 1. The number of furan rings is 1. The lowest BCUT2D eigenvalue weighted by Crippen LogP contribution is -2.21. The molecule has 180 valence electrons. The summed E-state index contributed by atoms with van der Waals surface area (Å²) in [5.41, 5.74) is 1.44. The summed E-state index contributed by atoms with van der Waals surface area (Å²) in [5, 5.41) is 12.0. The highest BCUT2D eigenvalue weighted by Crippen LogP contribution is 2.35. The summed E-state index contributed by atoms with van der Waals surface area (Å²) < 4.78 is 12.1. The summed E-state index contributed by atoms with van der Waals surface area (Å²) in [6, 6.07) is 1.81. The minimum atomic E-state index is -0.625. The van der Waals surface area contributed by atoms with Crippen molar-refractivity contribution < 1.29 is 23.5 Å². The smallest absolute Gasteiger partial charge is 0.341 e. The molecule has 0 aromatic carbocycles. The molecular weight excluding hydrogens is 478 g/mol. The van der Waals surface area contributed by atoms with Crippen LogP contribution in [0, 0.1) is 13.8 Å². The number of methoxy groups -OCH3 is 1. The van der Waals surface area contributed by atoms with Gasteiger partial charge in [0.15, 0.2) is 11.0 Å². The lowest BCUT2D eigenvalue weighted by Gasteiger charge is -2.08. The zero-order valence-electron chi connectivity index (χ0n) is 19.5. The third-order valence-corrected chi connectivity index (χ3v) is 7.01. The molecule has 12 heteroatoms. The highest BCUT2D eigenvalue weighted by atomic mass is 32.2. The van der Waals surface area contributed by atoms with E-state index >= 15 is 0 Å². The number of allylic oxidation sites excluding steroid dienone is 1. The Morgan fingerprint density at radius 3 is 2.65 bits per heavy atom. The molecule has 34 heavy (non-hydrogen) atoms. The van der Waals surface area contributed by atoms with Gasteiger partial charge in [-0.1, -0.05) is 17.8 Å². The van der Waals surface area contributed by atoms with Crippen LogP contribution in [0.15, 0.2) is 34.6 Å². The first-order valence-corrected chi connectivity index (χ1v) is 11.9. The Labute approximate surface area is 205 Å². The molecule has 0 saturated carbocycles. The zero-order chi connectivity index (χ0) is 25.0. The fourth-order valence-electron chi connectivity index (χ4n) is 3.15. The van der Waals surface area contributed by atoms with Crippen molar-refractivity contribution in [3.05, 3.63) is 46.7 Å². The number of rotatable bonds is 9. The number of esters is 1. The highest BCUT2D eigenvalue weighted by Gasteiger charge is 2.27. The first-order chi connectivity index (χ1) is 16.2. The molecule has 0 spiro atoms. The molecule has 0 aliphatic carbocycles. The Kier molecular flexibility index (Phi) is 7.94. The van der Waals surface area contributed by atoms with Crippen molar-refractivity contribution in [2.24, 2.45) is 0 Å². The molecule has 0 saturated heterocycles. The molecule has 3 heterocycles. The number of nitrogens with zero attached hydrogens (tertiary/aromatic N) is 4. The number of thiophene rings is 1. The van der Waals surface area contributed by atoms with Crippen LogP contribution in [0.5, 0.6) is 0 Å². The minimum absolute atomic E-state index is 0.00810. The van der Waals surface area contributed by atoms with E-state index in [1.165, 1.54) is 23.8 Å². The Hall–Kier alpha value is -3.38. The average molecular weight is 504 g/mol. The predicted octanol–water partition coefficient (Wildman–Crippen LogP) is 3.62. The van der Waals surface area contributed by atoms with Gasteiger partial charge in [-0.25, -0.2) is 4.79 Å². The number of hydrogen-bond acceptors (Lipinski definition) is 9. The first-order valence-electron chi connectivity index (χ1n) is 10.1. The molecule has 0 fully saturated rings. The summed E-state index contributed by atoms with van der Waals surface area (Å²) in [6.45, 7) is 7.72. The van der Waals surface area contributed by atoms with Crippen molar-refractivity contribution in [2.75, 3.05) is 32.3 Å². The predicted molar refractivity (Wildman–Crippen MR) is 130 cm³/mol. The van der Waals surface area contributed by atoms with Gasteiger partial charge in [-0.3, -0.25) is 14.2 Å². The second-order valence-corrected chi connectivity index (χ2v) is 9.35. The van der Waals surface area contributed by atoms with Crippen LogP contribution < -0.4 is 5.32 Å². The Morgan fingerprint density at radius 1 is 1.32 bits per heavy atom. The first kappa shape index (κ1) is 25.2. The van der Waals surface area contributed by atoms with Crippen LogP contribution in [0.2, 0.25) is 0 Å². The molecule has 0 radical (unpaired) electrons. The van der Waals surface area contributed by atoms with Crippen molar-refractivity contribution in [3.63, 3.8) is 0 Å². The fourth-order valence-corrected chi connectivity index (χ4v) is 5.13. The number of amides is 2. The van der Waals surface area contributed by atoms with Crippen LogP contribution in [0.3, 0.4) is 0 Å². The van der Waals surface area contributed by atoms with Crippen LogP contribution in [0.1, 0.15) is 31.4 Å². The molecule has 2 amide bonds. The number of ether oxygens (including phenoxy) is 1. The van der Waals surface area contributed by atoms with Gasteiger partial charge in [0.2, 0.25) is 5.91 Å². The highest BCUT2D eigenvalue weighted by molar-refractivity contribution is 7.99. The number of hydrogen-bond donors (Lipinski definition) is 1. The van der Waals surface area contributed by atoms with Crippen LogP contribution in [0.4, 0.5) is 5.00 Å². The van der Waals surface area contributed by atoms with Gasteiger partial charge in [-0.15, -0.1) is 28.1 Å². The van der Waals surface area contributed by atoms with Crippen molar-refractivity contribution in [1.29, 1.82) is 0 Å². The van der Waals surface area contributed by atoms with E-state index in [1.54, 1.807) is 39.4 Å². The van der Waals surface area contributed by atoms with Gasteiger partial charge in [0.1, 0.15) is 10.8 Å². The Morgan fingerprint density at radius 2 is 2.06 bits per heavy atom. The largest absolute Gasteiger partial charge is 0.469 e. The molecule has 0 aliphatic rings. The summed E-state index contributed by atoms with van der Waals surface area (Å²) in [7, 11) is 4.49. The molecule has 0 atom stereocenters. The Bertz CT molecular complexity index is 1240. The lowest BCUT2D eigenvalue weighted by atomic mass is 10.1. The van der Waals surface area contributed by atoms with E-state index in [0.717, 1.165) is 16.9 Å². The summed E-state index contributed by atoms with van der Waals surface area (Å²) in [4.78, 5) is 39.4. The molecule has 0 aliphatic heterocycles. The minimum Gasteiger partial charge on any atom is -0.469 e. The number of aryl methyl sites for hydroxylation is 1. The van der Waals surface area contributed by atoms with Gasteiger partial charge in [0.05, 0.1) is 35.1 Å². The molecule has 0 bridgehead atoms. The van der Waals surface area contributed by atoms with E-state index in [1.807, 2.05) is 11.5 Å². The van der Waals surface area contributed by atoms with Crippen molar-refractivity contribution in [1.82, 2.24) is 19.7 Å². The molecule has 3 rings (SSSR count). The van der Waals surface area contributed by atoms with Gasteiger partial charge in [0.25, 0.3) is 5.91 Å². The normalized spacial score (nSPS) is 10.7. The number of carbonyl (C=O) groups is 3.